The van der Waals surface area contributed by atoms with Gasteiger partial charge < -0.3 is 9.32 Å². The lowest BCUT2D eigenvalue weighted by Gasteiger charge is -2.36. The number of allylic oxidation sites excluding steroid dienone is 2. The minimum atomic E-state index is -0.381. The summed E-state index contributed by atoms with van der Waals surface area (Å²) in [6.45, 7) is 9.77. The molecular weight excluding hydrogens is 413 g/mol. The Morgan fingerprint density at radius 1 is 1.26 bits per heavy atom. The summed E-state index contributed by atoms with van der Waals surface area (Å²) in [5, 5.41) is 1.53. The molecule has 7 heteroatoms. The highest BCUT2D eigenvalue weighted by atomic mass is 32.1. The Kier molecular flexibility index (Phi) is 6.63. The highest BCUT2D eigenvalue weighted by Gasteiger charge is 2.18. The Bertz CT molecular complexity index is 1160. The number of halogens is 1. The molecule has 0 N–H and O–H groups in total. The van der Waals surface area contributed by atoms with Crippen molar-refractivity contribution < 1.29 is 8.81 Å². The van der Waals surface area contributed by atoms with E-state index in [0.717, 1.165) is 54.4 Å². The van der Waals surface area contributed by atoms with E-state index >= 15 is 0 Å². The first kappa shape index (κ1) is 21.5. The summed E-state index contributed by atoms with van der Waals surface area (Å²) in [6.07, 6.45) is 6.00. The van der Waals surface area contributed by atoms with Gasteiger partial charge in [-0.2, -0.15) is 0 Å². The van der Waals surface area contributed by atoms with Crippen molar-refractivity contribution in [3.8, 4) is 10.6 Å². The number of anilines is 1. The van der Waals surface area contributed by atoms with Gasteiger partial charge in [0.25, 0.3) is 0 Å². The van der Waals surface area contributed by atoms with E-state index in [-0.39, 0.29) is 12.3 Å². The summed E-state index contributed by atoms with van der Waals surface area (Å²) in [6, 6.07) is 7.85. The van der Waals surface area contributed by atoms with Crippen molar-refractivity contribution in [2.45, 2.75) is 13.3 Å². The van der Waals surface area contributed by atoms with Crippen molar-refractivity contribution in [1.82, 2.24) is 9.88 Å². The summed E-state index contributed by atoms with van der Waals surface area (Å²) in [7, 11) is 0. The van der Waals surface area contributed by atoms with E-state index in [1.807, 2.05) is 37.3 Å². The summed E-state index contributed by atoms with van der Waals surface area (Å²) in [5.74, 6) is 0. The van der Waals surface area contributed by atoms with Crippen molar-refractivity contribution in [2.24, 2.45) is 0 Å². The summed E-state index contributed by atoms with van der Waals surface area (Å²) < 4.78 is 18.1. The van der Waals surface area contributed by atoms with E-state index in [0.29, 0.717) is 22.6 Å². The van der Waals surface area contributed by atoms with E-state index < -0.39 is 0 Å². The molecule has 1 aromatic carbocycles. The molecule has 0 radical (unpaired) electrons. The van der Waals surface area contributed by atoms with Crippen molar-refractivity contribution in [2.75, 3.05) is 44.3 Å². The molecule has 31 heavy (non-hydrogen) atoms. The average molecular weight is 440 g/mol. The molecule has 4 rings (SSSR count). The predicted molar refractivity (Wildman–Crippen MR) is 127 cm³/mol. The van der Waals surface area contributed by atoms with Crippen LogP contribution in [0.25, 0.3) is 27.6 Å². The minimum absolute atomic E-state index is 0.265. The van der Waals surface area contributed by atoms with Crippen molar-refractivity contribution in [3.05, 3.63) is 64.0 Å². The Labute approximate surface area is 185 Å². The number of aryl methyl sites for hydroxylation is 1. The van der Waals surface area contributed by atoms with Crippen LogP contribution in [0, 0.1) is 6.92 Å². The van der Waals surface area contributed by atoms with Crippen LogP contribution < -0.4 is 10.5 Å². The average Bonchev–Trinajstić information content (AvgIpc) is 3.15. The number of thiazole rings is 1. The SMILES string of the molecule is C=CC=Cc1nc(-c2cc3ccc(N4CCN(CCCF)CC4)cc3oc2=O)sc1C. The number of rotatable bonds is 7. The molecule has 0 unspecified atom stereocenters. The van der Waals surface area contributed by atoms with E-state index in [9.17, 15) is 9.18 Å². The van der Waals surface area contributed by atoms with Gasteiger partial charge in [-0.3, -0.25) is 9.29 Å². The highest BCUT2D eigenvalue weighted by molar-refractivity contribution is 7.15. The fraction of sp³-hybridized carbons (Fsp3) is 0.333. The molecule has 5 nitrogen and oxygen atoms in total. The van der Waals surface area contributed by atoms with Gasteiger partial charge in [0.15, 0.2) is 0 Å². The number of hydrogen-bond donors (Lipinski definition) is 0. The number of nitrogens with zero attached hydrogens (tertiary/aromatic N) is 3. The Balaban J connectivity index is 1.57. The molecule has 0 aliphatic carbocycles. The van der Waals surface area contributed by atoms with Crippen LogP contribution in [0.5, 0.6) is 0 Å². The van der Waals surface area contributed by atoms with Gasteiger partial charge in [-0.1, -0.05) is 18.7 Å². The van der Waals surface area contributed by atoms with Crippen LogP contribution in [-0.4, -0.2) is 49.3 Å². The van der Waals surface area contributed by atoms with Gasteiger partial charge in [0.2, 0.25) is 0 Å². The fourth-order valence-electron chi connectivity index (χ4n) is 3.80. The fourth-order valence-corrected chi connectivity index (χ4v) is 4.70. The number of aromatic nitrogens is 1. The normalized spacial score (nSPS) is 15.2. The molecule has 0 amide bonds. The van der Waals surface area contributed by atoms with Crippen LogP contribution in [0.2, 0.25) is 0 Å². The second kappa shape index (κ2) is 9.58. The van der Waals surface area contributed by atoms with E-state index in [1.54, 1.807) is 6.08 Å². The topological polar surface area (TPSA) is 49.6 Å². The Hall–Kier alpha value is -2.77. The monoisotopic (exact) mass is 439 g/mol. The standard InChI is InChI=1S/C24H26FN3O2S/c1-3-4-6-21-17(2)31-23(26-21)20-15-18-7-8-19(16-22(18)30-24(20)29)28-13-11-27(12-14-28)10-5-9-25/h3-4,6-8,15-16H,1,5,9-14H2,2H3. The molecule has 2 aromatic heterocycles. The molecule has 162 valence electrons. The van der Waals surface area contributed by atoms with Gasteiger partial charge in [0.1, 0.15) is 10.6 Å². The second-order valence-corrected chi connectivity index (χ2v) is 8.80. The van der Waals surface area contributed by atoms with Gasteiger partial charge in [-0.05, 0) is 37.6 Å². The molecule has 0 saturated carbocycles. The van der Waals surface area contributed by atoms with E-state index in [1.165, 1.54) is 11.3 Å². The molecule has 0 atom stereocenters. The predicted octanol–water partition coefficient (Wildman–Crippen LogP) is 4.91. The van der Waals surface area contributed by atoms with Gasteiger partial charge in [0.05, 0.1) is 17.9 Å². The zero-order chi connectivity index (χ0) is 21.8. The third-order valence-electron chi connectivity index (χ3n) is 5.52. The third-order valence-corrected chi connectivity index (χ3v) is 6.54. The van der Waals surface area contributed by atoms with Gasteiger partial charge in [0, 0.05) is 54.7 Å². The molecule has 0 bridgehead atoms. The molecule has 0 spiro atoms. The van der Waals surface area contributed by atoms with Crippen LogP contribution in [0.1, 0.15) is 17.0 Å². The highest BCUT2D eigenvalue weighted by Crippen LogP contribution is 2.30. The second-order valence-electron chi connectivity index (χ2n) is 7.60. The minimum Gasteiger partial charge on any atom is -0.422 e. The van der Waals surface area contributed by atoms with Crippen LogP contribution in [0.15, 0.2) is 52.2 Å². The van der Waals surface area contributed by atoms with Crippen LogP contribution >= 0.6 is 11.3 Å². The van der Waals surface area contributed by atoms with Gasteiger partial charge in [-0.25, -0.2) is 9.78 Å². The zero-order valence-electron chi connectivity index (χ0n) is 17.6. The molecule has 3 heterocycles. The van der Waals surface area contributed by atoms with Crippen molar-refractivity contribution in [3.63, 3.8) is 0 Å². The number of hydrogen-bond acceptors (Lipinski definition) is 6. The zero-order valence-corrected chi connectivity index (χ0v) is 18.5. The van der Waals surface area contributed by atoms with E-state index in [4.69, 9.17) is 4.42 Å². The van der Waals surface area contributed by atoms with Gasteiger partial charge >= 0.3 is 5.63 Å². The quantitative estimate of drug-likeness (QED) is 0.387. The van der Waals surface area contributed by atoms with E-state index in [2.05, 4.69) is 27.4 Å². The number of alkyl halides is 1. The number of fused-ring (bicyclic) bond motifs is 1. The van der Waals surface area contributed by atoms with Crippen molar-refractivity contribution in [1.29, 1.82) is 0 Å². The van der Waals surface area contributed by atoms with Crippen LogP contribution in [0.3, 0.4) is 0 Å². The Morgan fingerprint density at radius 2 is 2.06 bits per heavy atom. The summed E-state index contributed by atoms with van der Waals surface area (Å²) in [5.41, 5.74) is 2.55. The van der Waals surface area contributed by atoms with Crippen molar-refractivity contribution >= 4 is 34.1 Å². The molecule has 1 saturated heterocycles. The first-order valence-electron chi connectivity index (χ1n) is 10.5. The Morgan fingerprint density at radius 3 is 2.81 bits per heavy atom. The largest absolute Gasteiger partial charge is 0.422 e. The maximum Gasteiger partial charge on any atom is 0.346 e. The molecule has 1 aliphatic heterocycles. The molecule has 1 aliphatic rings. The molecular formula is C24H26FN3O2S. The van der Waals surface area contributed by atoms with Crippen LogP contribution in [0.4, 0.5) is 10.1 Å². The smallest absolute Gasteiger partial charge is 0.346 e. The third kappa shape index (κ3) is 4.78. The first-order valence-corrected chi connectivity index (χ1v) is 11.3. The summed E-state index contributed by atoms with van der Waals surface area (Å²) in [4.78, 5) is 22.9. The summed E-state index contributed by atoms with van der Waals surface area (Å²) >= 11 is 1.48. The lowest BCUT2D eigenvalue weighted by molar-refractivity contribution is 0.245. The molecule has 1 fully saturated rings. The number of piperazine rings is 1. The lowest BCUT2D eigenvalue weighted by atomic mass is 10.1. The molecule has 3 aromatic rings. The van der Waals surface area contributed by atoms with Gasteiger partial charge in [-0.15, -0.1) is 11.3 Å². The van der Waals surface area contributed by atoms with Crippen LogP contribution in [-0.2, 0) is 0 Å². The maximum absolute atomic E-state index is 12.7. The maximum atomic E-state index is 12.7. The number of benzene rings is 1. The first-order chi connectivity index (χ1) is 15.1. The lowest BCUT2D eigenvalue weighted by Crippen LogP contribution is -2.46.